The molecule has 0 aliphatic heterocycles. The third-order valence-electron chi connectivity index (χ3n) is 2.90. The van der Waals surface area contributed by atoms with E-state index in [9.17, 15) is 9.90 Å². The first-order valence-electron chi connectivity index (χ1n) is 6.99. The topological polar surface area (TPSA) is 65.5 Å². The molecule has 5 nitrogen and oxygen atoms in total. The minimum atomic E-state index is -0.896. The van der Waals surface area contributed by atoms with Crippen LogP contribution >= 0.6 is 11.3 Å². The lowest BCUT2D eigenvalue weighted by Gasteiger charge is -2.29. The molecule has 2 amide bonds. The fourth-order valence-electron chi connectivity index (χ4n) is 1.83. The minimum absolute atomic E-state index is 0.130. The molecule has 0 spiro atoms. The third kappa shape index (κ3) is 5.09. The number of aromatic nitrogens is 1. The smallest absolute Gasteiger partial charge is 0.318 e. The molecule has 0 fully saturated rings. The van der Waals surface area contributed by atoms with Crippen molar-refractivity contribution >= 4 is 17.4 Å². The molecule has 114 valence electrons. The second-order valence-electron chi connectivity index (χ2n) is 5.52. The highest BCUT2D eigenvalue weighted by Crippen LogP contribution is 2.17. The number of rotatable bonds is 6. The summed E-state index contributed by atoms with van der Waals surface area (Å²) in [6, 6.07) is -0.303. The summed E-state index contributed by atoms with van der Waals surface area (Å²) in [5.74, 6) is 0. The third-order valence-corrected chi connectivity index (χ3v) is 3.91. The molecule has 6 heteroatoms. The Morgan fingerprint density at radius 3 is 2.65 bits per heavy atom. The highest BCUT2D eigenvalue weighted by molar-refractivity contribution is 7.09. The SMILES string of the molecule is CCc1nc(C(C)NC(=O)N(CC)CC(C)(C)O)cs1. The van der Waals surface area contributed by atoms with E-state index in [0.29, 0.717) is 13.1 Å². The molecule has 1 rings (SSSR count). The molecular weight excluding hydrogens is 274 g/mol. The van der Waals surface area contributed by atoms with Crippen LogP contribution in [0.3, 0.4) is 0 Å². The lowest BCUT2D eigenvalue weighted by molar-refractivity contribution is 0.0476. The van der Waals surface area contributed by atoms with Gasteiger partial charge in [-0.15, -0.1) is 11.3 Å². The molecule has 1 atom stereocenters. The number of likely N-dealkylation sites (N-methyl/N-ethyl adjacent to an activating group) is 1. The number of hydrogen-bond donors (Lipinski definition) is 2. The molecule has 1 aromatic rings. The first kappa shape index (κ1) is 16.9. The van der Waals surface area contributed by atoms with Gasteiger partial charge in [0.25, 0.3) is 0 Å². The van der Waals surface area contributed by atoms with Crippen molar-refractivity contribution in [3.63, 3.8) is 0 Å². The van der Waals surface area contributed by atoms with Crippen LogP contribution in [-0.4, -0.2) is 39.7 Å². The van der Waals surface area contributed by atoms with Crippen molar-refractivity contribution in [1.29, 1.82) is 0 Å². The normalized spacial score (nSPS) is 13.1. The van der Waals surface area contributed by atoms with Gasteiger partial charge in [0.2, 0.25) is 0 Å². The van der Waals surface area contributed by atoms with E-state index >= 15 is 0 Å². The molecule has 0 aromatic carbocycles. The maximum Gasteiger partial charge on any atom is 0.318 e. The van der Waals surface area contributed by atoms with Gasteiger partial charge in [0.15, 0.2) is 0 Å². The van der Waals surface area contributed by atoms with E-state index in [2.05, 4.69) is 17.2 Å². The summed E-state index contributed by atoms with van der Waals surface area (Å²) in [6.45, 7) is 10.1. The van der Waals surface area contributed by atoms with Crippen LogP contribution in [0.25, 0.3) is 0 Å². The number of amides is 2. The van der Waals surface area contributed by atoms with E-state index in [1.807, 2.05) is 19.2 Å². The Kier molecular flexibility index (Phi) is 5.95. The molecule has 0 aliphatic rings. The van der Waals surface area contributed by atoms with Gasteiger partial charge >= 0.3 is 6.03 Å². The number of aliphatic hydroxyl groups is 1. The Bertz CT molecular complexity index is 440. The van der Waals surface area contributed by atoms with Crippen LogP contribution in [0.1, 0.15) is 51.4 Å². The largest absolute Gasteiger partial charge is 0.389 e. The summed E-state index contributed by atoms with van der Waals surface area (Å²) in [5.41, 5.74) is -0.00779. The van der Waals surface area contributed by atoms with E-state index in [1.54, 1.807) is 30.1 Å². The van der Waals surface area contributed by atoms with Gasteiger partial charge in [-0.3, -0.25) is 0 Å². The van der Waals surface area contributed by atoms with E-state index in [-0.39, 0.29) is 12.1 Å². The van der Waals surface area contributed by atoms with Gasteiger partial charge in [0.05, 0.1) is 28.9 Å². The summed E-state index contributed by atoms with van der Waals surface area (Å²) in [7, 11) is 0. The van der Waals surface area contributed by atoms with E-state index in [4.69, 9.17) is 0 Å². The zero-order chi connectivity index (χ0) is 15.3. The second kappa shape index (κ2) is 7.04. The molecule has 0 radical (unpaired) electrons. The summed E-state index contributed by atoms with van der Waals surface area (Å²) >= 11 is 1.61. The predicted octanol–water partition coefficient (Wildman–Crippen LogP) is 2.57. The highest BCUT2D eigenvalue weighted by Gasteiger charge is 2.22. The maximum absolute atomic E-state index is 12.2. The fourth-order valence-corrected chi connectivity index (χ4v) is 2.67. The van der Waals surface area contributed by atoms with Crippen molar-refractivity contribution in [2.45, 2.75) is 52.7 Å². The Morgan fingerprint density at radius 1 is 1.55 bits per heavy atom. The zero-order valence-corrected chi connectivity index (χ0v) is 13.8. The van der Waals surface area contributed by atoms with Crippen LogP contribution < -0.4 is 5.32 Å². The summed E-state index contributed by atoms with van der Waals surface area (Å²) in [6.07, 6.45) is 0.908. The molecule has 2 N–H and O–H groups in total. The number of nitrogens with one attached hydrogen (secondary N) is 1. The van der Waals surface area contributed by atoms with Crippen molar-refractivity contribution in [2.24, 2.45) is 0 Å². The maximum atomic E-state index is 12.2. The molecule has 1 unspecified atom stereocenters. The van der Waals surface area contributed by atoms with Crippen LogP contribution in [-0.2, 0) is 6.42 Å². The second-order valence-corrected chi connectivity index (χ2v) is 6.46. The van der Waals surface area contributed by atoms with Gasteiger partial charge in [-0.25, -0.2) is 9.78 Å². The predicted molar refractivity (Wildman–Crippen MR) is 82.0 cm³/mol. The van der Waals surface area contributed by atoms with E-state index < -0.39 is 5.60 Å². The van der Waals surface area contributed by atoms with Crippen molar-refractivity contribution in [1.82, 2.24) is 15.2 Å². The summed E-state index contributed by atoms with van der Waals surface area (Å²) in [5, 5.41) is 15.8. The number of nitrogens with zero attached hydrogens (tertiary/aromatic N) is 2. The van der Waals surface area contributed by atoms with Crippen molar-refractivity contribution < 1.29 is 9.90 Å². The molecule has 0 bridgehead atoms. The number of urea groups is 1. The van der Waals surface area contributed by atoms with Crippen LogP contribution in [0.4, 0.5) is 4.79 Å². The van der Waals surface area contributed by atoms with Gasteiger partial charge in [0, 0.05) is 11.9 Å². The monoisotopic (exact) mass is 299 g/mol. The first-order chi connectivity index (χ1) is 9.26. The van der Waals surface area contributed by atoms with Gasteiger partial charge in [-0.1, -0.05) is 6.92 Å². The van der Waals surface area contributed by atoms with Gasteiger partial charge in [0.1, 0.15) is 0 Å². The molecule has 20 heavy (non-hydrogen) atoms. The standard InChI is InChI=1S/C14H25N3O2S/c1-6-12-16-11(8-20-12)10(3)15-13(18)17(7-2)9-14(4,5)19/h8,10,19H,6-7,9H2,1-5H3,(H,15,18). The van der Waals surface area contributed by atoms with Crippen molar-refractivity contribution in [3.8, 4) is 0 Å². The number of carbonyl (C=O) groups excluding carboxylic acids is 1. The number of aryl methyl sites for hydroxylation is 1. The van der Waals surface area contributed by atoms with Crippen molar-refractivity contribution in [2.75, 3.05) is 13.1 Å². The Hall–Kier alpha value is -1.14. The Labute approximate surface area is 125 Å². The number of carbonyl (C=O) groups is 1. The number of hydrogen-bond acceptors (Lipinski definition) is 4. The van der Waals surface area contributed by atoms with Gasteiger partial charge in [-0.05, 0) is 34.1 Å². The van der Waals surface area contributed by atoms with Crippen LogP contribution in [0.5, 0.6) is 0 Å². The Balaban J connectivity index is 2.63. The van der Waals surface area contributed by atoms with Crippen LogP contribution in [0.2, 0.25) is 0 Å². The number of thiazole rings is 1. The molecule has 0 saturated carbocycles. The highest BCUT2D eigenvalue weighted by atomic mass is 32.1. The first-order valence-corrected chi connectivity index (χ1v) is 7.87. The zero-order valence-electron chi connectivity index (χ0n) is 12.9. The molecule has 0 saturated heterocycles. The fraction of sp³-hybridized carbons (Fsp3) is 0.714. The van der Waals surface area contributed by atoms with Crippen LogP contribution in [0.15, 0.2) is 5.38 Å². The average Bonchev–Trinajstić information content (AvgIpc) is 2.83. The Morgan fingerprint density at radius 2 is 2.20 bits per heavy atom. The van der Waals surface area contributed by atoms with Gasteiger partial charge in [-0.2, -0.15) is 0 Å². The molecule has 1 heterocycles. The van der Waals surface area contributed by atoms with Gasteiger partial charge < -0.3 is 15.3 Å². The van der Waals surface area contributed by atoms with E-state index in [0.717, 1.165) is 17.1 Å². The lowest BCUT2D eigenvalue weighted by atomic mass is 10.1. The summed E-state index contributed by atoms with van der Waals surface area (Å²) in [4.78, 5) is 18.3. The average molecular weight is 299 g/mol. The lowest BCUT2D eigenvalue weighted by Crippen LogP contribution is -2.47. The van der Waals surface area contributed by atoms with E-state index in [1.165, 1.54) is 0 Å². The molecule has 1 aromatic heterocycles. The molecular formula is C14H25N3O2S. The summed E-state index contributed by atoms with van der Waals surface area (Å²) < 4.78 is 0. The van der Waals surface area contributed by atoms with Crippen LogP contribution in [0, 0.1) is 0 Å². The minimum Gasteiger partial charge on any atom is -0.389 e. The quantitative estimate of drug-likeness (QED) is 0.848. The molecule has 0 aliphatic carbocycles. The van der Waals surface area contributed by atoms with Crippen molar-refractivity contribution in [3.05, 3.63) is 16.1 Å².